The molecule has 0 bridgehead atoms. The van der Waals surface area contributed by atoms with E-state index in [2.05, 4.69) is 26.5 Å². The number of hydrogen-bond donors (Lipinski definition) is 1. The Hall–Kier alpha value is -3.06. The van der Waals surface area contributed by atoms with Crippen LogP contribution < -0.4 is 14.9 Å². The van der Waals surface area contributed by atoms with Crippen molar-refractivity contribution in [2.75, 3.05) is 7.11 Å². The zero-order valence-electron chi connectivity index (χ0n) is 18.0. The Bertz CT molecular complexity index is 1370. The number of hydrazone groups is 1. The first-order chi connectivity index (χ1) is 16.5. The summed E-state index contributed by atoms with van der Waals surface area (Å²) in [5, 5.41) is 7.00. The number of hydrogen-bond acceptors (Lipinski definition) is 4. The summed E-state index contributed by atoms with van der Waals surface area (Å²) in [6, 6.07) is 22.3. The highest BCUT2D eigenvalue weighted by Crippen LogP contribution is 2.35. The van der Waals surface area contributed by atoms with Gasteiger partial charge in [0.15, 0.2) is 5.75 Å². The lowest BCUT2D eigenvalue weighted by Crippen LogP contribution is -2.18. The van der Waals surface area contributed by atoms with Gasteiger partial charge in [0.2, 0.25) is 0 Å². The van der Waals surface area contributed by atoms with Gasteiger partial charge in [-0.25, -0.2) is 5.43 Å². The monoisotopic (exact) mass is 556 g/mol. The quantitative estimate of drug-likeness (QED) is 0.192. The van der Waals surface area contributed by atoms with Crippen molar-refractivity contribution < 1.29 is 14.3 Å². The number of halogens is 3. The highest BCUT2D eigenvalue weighted by molar-refractivity contribution is 9.10. The number of rotatable bonds is 7. The van der Waals surface area contributed by atoms with Gasteiger partial charge in [-0.2, -0.15) is 5.10 Å². The number of nitrogens with one attached hydrogen (secondary N) is 1. The van der Waals surface area contributed by atoms with E-state index in [9.17, 15) is 4.79 Å². The summed E-state index contributed by atoms with van der Waals surface area (Å²) in [4.78, 5) is 12.7. The maximum Gasteiger partial charge on any atom is 0.275 e. The number of amides is 1. The van der Waals surface area contributed by atoms with E-state index < -0.39 is 0 Å². The molecule has 172 valence electrons. The molecule has 1 N–H and O–H groups in total. The molecule has 0 fully saturated rings. The lowest BCUT2D eigenvalue weighted by Gasteiger charge is -2.12. The second-order valence-electron chi connectivity index (χ2n) is 7.29. The smallest absolute Gasteiger partial charge is 0.275 e. The van der Waals surface area contributed by atoms with Gasteiger partial charge >= 0.3 is 0 Å². The summed E-state index contributed by atoms with van der Waals surface area (Å²) in [5.41, 5.74) is 4.45. The normalized spacial score (nSPS) is 11.1. The molecule has 0 saturated carbocycles. The molecule has 0 aromatic heterocycles. The molecular weight excluding hydrogens is 539 g/mol. The van der Waals surface area contributed by atoms with Gasteiger partial charge in [0.1, 0.15) is 12.4 Å². The highest BCUT2D eigenvalue weighted by atomic mass is 79.9. The molecule has 0 aliphatic heterocycles. The van der Waals surface area contributed by atoms with Gasteiger partial charge in [0.25, 0.3) is 5.91 Å². The number of methoxy groups -OCH3 is 1. The van der Waals surface area contributed by atoms with E-state index in [1.807, 2.05) is 48.5 Å². The standard InChI is InChI=1S/C26H19BrCl2N2O3/c1-33-24-13-18-7-3-2-6-17(18)12-20(24)26(32)31-30-14-16-10-21(27)25(23(29)11-16)34-15-19-8-4-5-9-22(19)28/h2-14H,15H2,1H3,(H,31,32)/b30-14-. The number of ether oxygens (including phenoxy) is 2. The van der Waals surface area contributed by atoms with Crippen LogP contribution in [0.15, 0.2) is 82.4 Å². The first-order valence-electron chi connectivity index (χ1n) is 10.2. The molecule has 8 heteroatoms. The fourth-order valence-electron chi connectivity index (χ4n) is 3.35. The molecule has 4 aromatic rings. The van der Waals surface area contributed by atoms with Crippen molar-refractivity contribution in [1.82, 2.24) is 5.43 Å². The van der Waals surface area contributed by atoms with Crippen molar-refractivity contribution in [2.45, 2.75) is 6.61 Å². The number of fused-ring (bicyclic) bond motifs is 1. The molecule has 0 spiro atoms. The van der Waals surface area contributed by atoms with E-state index in [4.69, 9.17) is 32.7 Å². The molecule has 0 atom stereocenters. The van der Waals surface area contributed by atoms with Crippen LogP contribution in [0.4, 0.5) is 0 Å². The molecule has 0 radical (unpaired) electrons. The van der Waals surface area contributed by atoms with Gasteiger partial charge < -0.3 is 9.47 Å². The van der Waals surface area contributed by atoms with Gasteiger partial charge in [-0.3, -0.25) is 4.79 Å². The predicted octanol–water partition coefficient (Wildman–Crippen LogP) is 7.26. The van der Waals surface area contributed by atoms with Crippen molar-refractivity contribution in [3.05, 3.63) is 104 Å². The minimum absolute atomic E-state index is 0.273. The van der Waals surface area contributed by atoms with Crippen LogP contribution in [0.25, 0.3) is 10.8 Å². The Morgan fingerprint density at radius 1 is 1.00 bits per heavy atom. The van der Waals surface area contributed by atoms with Crippen molar-refractivity contribution in [3.63, 3.8) is 0 Å². The lowest BCUT2D eigenvalue weighted by atomic mass is 10.1. The highest BCUT2D eigenvalue weighted by Gasteiger charge is 2.14. The summed E-state index contributed by atoms with van der Waals surface area (Å²) >= 11 is 16.1. The van der Waals surface area contributed by atoms with E-state index in [1.54, 1.807) is 24.3 Å². The average molecular weight is 558 g/mol. The van der Waals surface area contributed by atoms with Gasteiger partial charge in [-0.1, -0.05) is 65.7 Å². The molecule has 0 heterocycles. The molecule has 0 unspecified atom stereocenters. The summed E-state index contributed by atoms with van der Waals surface area (Å²) in [6.07, 6.45) is 1.50. The Kier molecular flexibility index (Phi) is 7.73. The third-order valence-electron chi connectivity index (χ3n) is 5.04. The summed E-state index contributed by atoms with van der Waals surface area (Å²) < 4.78 is 11.9. The Balaban J connectivity index is 1.46. The van der Waals surface area contributed by atoms with E-state index in [0.717, 1.165) is 16.3 Å². The summed E-state index contributed by atoms with van der Waals surface area (Å²) in [5.74, 6) is 0.574. The van der Waals surface area contributed by atoms with Crippen molar-refractivity contribution >= 4 is 62.0 Å². The molecule has 0 aliphatic rings. The molecular formula is C26H19BrCl2N2O3. The third-order valence-corrected chi connectivity index (χ3v) is 6.28. The van der Waals surface area contributed by atoms with Crippen LogP contribution in [-0.4, -0.2) is 19.2 Å². The fourth-order valence-corrected chi connectivity index (χ4v) is 4.53. The topological polar surface area (TPSA) is 59.9 Å². The van der Waals surface area contributed by atoms with Crippen LogP contribution in [0.1, 0.15) is 21.5 Å². The van der Waals surface area contributed by atoms with E-state index in [-0.39, 0.29) is 12.5 Å². The number of carbonyl (C=O) groups excluding carboxylic acids is 1. The van der Waals surface area contributed by atoms with Crippen LogP contribution >= 0.6 is 39.1 Å². The van der Waals surface area contributed by atoms with Crippen LogP contribution in [0.3, 0.4) is 0 Å². The number of carbonyl (C=O) groups is 1. The molecule has 4 aromatic carbocycles. The summed E-state index contributed by atoms with van der Waals surface area (Å²) in [7, 11) is 1.53. The first kappa shape index (κ1) is 24.1. The van der Waals surface area contributed by atoms with E-state index in [0.29, 0.717) is 37.1 Å². The van der Waals surface area contributed by atoms with Gasteiger partial charge in [0.05, 0.1) is 28.4 Å². The lowest BCUT2D eigenvalue weighted by molar-refractivity contribution is 0.0952. The number of nitrogens with zero attached hydrogens (tertiary/aromatic N) is 1. The fraction of sp³-hybridized carbons (Fsp3) is 0.0769. The predicted molar refractivity (Wildman–Crippen MR) is 140 cm³/mol. The Morgan fingerprint density at radius 2 is 1.71 bits per heavy atom. The number of benzene rings is 4. The van der Waals surface area contributed by atoms with Crippen molar-refractivity contribution in [3.8, 4) is 11.5 Å². The maximum absolute atomic E-state index is 12.7. The minimum atomic E-state index is -0.385. The zero-order chi connectivity index (χ0) is 24.1. The zero-order valence-corrected chi connectivity index (χ0v) is 21.1. The van der Waals surface area contributed by atoms with Crippen LogP contribution in [0.2, 0.25) is 10.0 Å². The second-order valence-corrected chi connectivity index (χ2v) is 8.96. The molecule has 0 saturated heterocycles. The minimum Gasteiger partial charge on any atom is -0.496 e. The average Bonchev–Trinajstić information content (AvgIpc) is 2.83. The Morgan fingerprint density at radius 3 is 2.41 bits per heavy atom. The van der Waals surface area contributed by atoms with E-state index >= 15 is 0 Å². The van der Waals surface area contributed by atoms with Crippen molar-refractivity contribution in [1.29, 1.82) is 0 Å². The molecule has 0 aliphatic carbocycles. The maximum atomic E-state index is 12.7. The molecule has 1 amide bonds. The first-order valence-corrected chi connectivity index (χ1v) is 11.8. The molecule has 34 heavy (non-hydrogen) atoms. The molecule has 5 nitrogen and oxygen atoms in total. The van der Waals surface area contributed by atoms with Crippen LogP contribution in [-0.2, 0) is 6.61 Å². The second kappa shape index (κ2) is 10.9. The van der Waals surface area contributed by atoms with Crippen molar-refractivity contribution in [2.24, 2.45) is 5.10 Å². The van der Waals surface area contributed by atoms with Gasteiger partial charge in [-0.05, 0) is 62.6 Å². The largest absolute Gasteiger partial charge is 0.496 e. The third kappa shape index (κ3) is 5.53. The summed E-state index contributed by atoms with van der Waals surface area (Å²) in [6.45, 7) is 0.273. The molecule has 4 rings (SSSR count). The van der Waals surface area contributed by atoms with E-state index in [1.165, 1.54) is 13.3 Å². The van der Waals surface area contributed by atoms with Crippen LogP contribution in [0.5, 0.6) is 11.5 Å². The van der Waals surface area contributed by atoms with Crippen LogP contribution in [0, 0.1) is 0 Å². The van der Waals surface area contributed by atoms with Gasteiger partial charge in [-0.15, -0.1) is 0 Å². The Labute approximate surface area is 215 Å². The van der Waals surface area contributed by atoms with Gasteiger partial charge in [0, 0.05) is 10.6 Å². The SMILES string of the molecule is COc1cc2ccccc2cc1C(=O)N/N=C\c1cc(Cl)c(OCc2ccccc2Cl)c(Br)c1.